The molecule has 0 radical (unpaired) electrons. The first kappa shape index (κ1) is 14.5. The van der Waals surface area contributed by atoms with Gasteiger partial charge in [-0.3, -0.25) is 0 Å². The van der Waals surface area contributed by atoms with E-state index in [1.54, 1.807) is 6.33 Å². The predicted molar refractivity (Wildman–Crippen MR) is 85.8 cm³/mol. The second-order valence-corrected chi connectivity index (χ2v) is 4.95. The first-order valence-corrected chi connectivity index (χ1v) is 7.43. The maximum absolute atomic E-state index is 5.66. The fourth-order valence-corrected chi connectivity index (χ4v) is 2.22. The zero-order chi connectivity index (χ0) is 15.0. The Kier molecular flexibility index (Phi) is 4.94. The van der Waals surface area contributed by atoms with Crippen LogP contribution in [0.25, 0.3) is 11.2 Å². The summed E-state index contributed by atoms with van der Waals surface area (Å²) in [6, 6.07) is 10.4. The molecule has 114 valence electrons. The lowest BCUT2D eigenvalue weighted by Gasteiger charge is -2.07. The predicted octanol–water partition coefficient (Wildman–Crippen LogP) is 2.41. The lowest BCUT2D eigenvalue weighted by molar-refractivity contribution is 0.137. The number of H-pyrrole nitrogens is 1. The normalized spacial score (nSPS) is 10.9. The Morgan fingerprint density at radius 1 is 1.05 bits per heavy atom. The van der Waals surface area contributed by atoms with Crippen molar-refractivity contribution in [1.29, 1.82) is 0 Å². The van der Waals surface area contributed by atoms with Crippen LogP contribution in [-0.4, -0.2) is 39.7 Å². The van der Waals surface area contributed by atoms with Gasteiger partial charge >= 0.3 is 0 Å². The lowest BCUT2D eigenvalue weighted by atomic mass is 10.2. The van der Waals surface area contributed by atoms with Crippen LogP contribution >= 0.6 is 0 Å². The SMILES string of the molecule is c1ccc(CCOCCCNc2ncnc3nc[nH]c23)cc1. The highest BCUT2D eigenvalue weighted by molar-refractivity contribution is 5.81. The number of nitrogens with zero attached hydrogens (tertiary/aromatic N) is 3. The number of nitrogens with one attached hydrogen (secondary N) is 2. The van der Waals surface area contributed by atoms with Crippen LogP contribution in [0, 0.1) is 0 Å². The monoisotopic (exact) mass is 297 g/mol. The molecular formula is C16H19N5O. The molecule has 6 nitrogen and oxygen atoms in total. The van der Waals surface area contributed by atoms with Gasteiger partial charge in [0.1, 0.15) is 11.8 Å². The molecule has 1 aromatic carbocycles. The molecule has 0 spiro atoms. The molecule has 2 N–H and O–H groups in total. The molecule has 0 aliphatic rings. The van der Waals surface area contributed by atoms with Gasteiger partial charge in [0.2, 0.25) is 0 Å². The fraction of sp³-hybridized carbons (Fsp3) is 0.312. The average molecular weight is 297 g/mol. The number of rotatable bonds is 8. The first-order chi connectivity index (χ1) is 10.9. The van der Waals surface area contributed by atoms with Crippen molar-refractivity contribution in [3.05, 3.63) is 48.5 Å². The lowest BCUT2D eigenvalue weighted by Crippen LogP contribution is -2.08. The van der Waals surface area contributed by atoms with Crippen LogP contribution in [0.4, 0.5) is 5.82 Å². The maximum atomic E-state index is 5.66. The number of benzene rings is 1. The summed E-state index contributed by atoms with van der Waals surface area (Å²) in [5.74, 6) is 0.784. The second kappa shape index (κ2) is 7.51. The average Bonchev–Trinajstić information content (AvgIpc) is 3.04. The summed E-state index contributed by atoms with van der Waals surface area (Å²) in [6.45, 7) is 2.29. The topological polar surface area (TPSA) is 75.7 Å². The van der Waals surface area contributed by atoms with Gasteiger partial charge in [-0.2, -0.15) is 0 Å². The summed E-state index contributed by atoms with van der Waals surface area (Å²) in [5, 5.41) is 3.28. The minimum absolute atomic E-state index is 0.677. The van der Waals surface area contributed by atoms with Crippen LogP contribution in [0.3, 0.4) is 0 Å². The third-order valence-electron chi connectivity index (χ3n) is 3.36. The molecule has 6 heteroatoms. The molecule has 0 atom stereocenters. The van der Waals surface area contributed by atoms with Crippen molar-refractivity contribution in [2.75, 3.05) is 25.1 Å². The number of anilines is 1. The molecule has 2 heterocycles. The highest BCUT2D eigenvalue weighted by Gasteiger charge is 2.04. The van der Waals surface area contributed by atoms with Crippen molar-refractivity contribution in [1.82, 2.24) is 19.9 Å². The smallest absolute Gasteiger partial charge is 0.182 e. The number of hydrogen-bond acceptors (Lipinski definition) is 5. The Labute approximate surface area is 129 Å². The van der Waals surface area contributed by atoms with Crippen LogP contribution in [-0.2, 0) is 11.2 Å². The number of aromatic amines is 1. The molecule has 0 aliphatic heterocycles. The van der Waals surface area contributed by atoms with Gasteiger partial charge in [-0.15, -0.1) is 0 Å². The van der Waals surface area contributed by atoms with Crippen molar-refractivity contribution in [3.8, 4) is 0 Å². The highest BCUT2D eigenvalue weighted by atomic mass is 16.5. The van der Waals surface area contributed by atoms with Crippen LogP contribution < -0.4 is 5.32 Å². The van der Waals surface area contributed by atoms with Crippen LogP contribution in [0.2, 0.25) is 0 Å². The second-order valence-electron chi connectivity index (χ2n) is 4.95. The van der Waals surface area contributed by atoms with Crippen molar-refractivity contribution >= 4 is 17.0 Å². The van der Waals surface area contributed by atoms with Gasteiger partial charge in [-0.05, 0) is 18.4 Å². The summed E-state index contributed by atoms with van der Waals surface area (Å²) in [6.07, 6.45) is 5.02. The fourth-order valence-electron chi connectivity index (χ4n) is 2.22. The Balaban J connectivity index is 1.33. The van der Waals surface area contributed by atoms with Gasteiger partial charge < -0.3 is 15.0 Å². The minimum atomic E-state index is 0.677. The molecule has 22 heavy (non-hydrogen) atoms. The van der Waals surface area contributed by atoms with Gasteiger partial charge in [0, 0.05) is 13.2 Å². The van der Waals surface area contributed by atoms with Crippen LogP contribution in [0.15, 0.2) is 43.0 Å². The van der Waals surface area contributed by atoms with E-state index in [1.165, 1.54) is 11.9 Å². The van der Waals surface area contributed by atoms with E-state index < -0.39 is 0 Å². The number of ether oxygens (including phenoxy) is 1. The Morgan fingerprint density at radius 2 is 1.95 bits per heavy atom. The number of hydrogen-bond donors (Lipinski definition) is 2. The van der Waals surface area contributed by atoms with E-state index in [-0.39, 0.29) is 0 Å². The van der Waals surface area contributed by atoms with E-state index in [4.69, 9.17) is 4.74 Å². The molecule has 0 amide bonds. The van der Waals surface area contributed by atoms with Gasteiger partial charge in [0.05, 0.1) is 12.9 Å². The largest absolute Gasteiger partial charge is 0.381 e. The molecule has 3 rings (SSSR count). The van der Waals surface area contributed by atoms with Crippen LogP contribution in [0.1, 0.15) is 12.0 Å². The molecule has 0 unspecified atom stereocenters. The summed E-state index contributed by atoms with van der Waals surface area (Å²) < 4.78 is 5.66. The van der Waals surface area contributed by atoms with Gasteiger partial charge in [0.25, 0.3) is 0 Å². The van der Waals surface area contributed by atoms with Crippen molar-refractivity contribution in [3.63, 3.8) is 0 Å². The Bertz CT molecular complexity index is 698. The molecule has 0 fully saturated rings. The van der Waals surface area contributed by atoms with E-state index in [1.807, 2.05) is 6.07 Å². The zero-order valence-electron chi connectivity index (χ0n) is 12.3. The molecule has 0 bridgehead atoms. The molecule has 2 aromatic heterocycles. The Morgan fingerprint density at radius 3 is 2.86 bits per heavy atom. The van der Waals surface area contributed by atoms with Crippen molar-refractivity contribution < 1.29 is 4.74 Å². The maximum Gasteiger partial charge on any atom is 0.182 e. The molecular weight excluding hydrogens is 278 g/mol. The molecule has 3 aromatic rings. The van der Waals surface area contributed by atoms with E-state index in [2.05, 4.69) is 49.5 Å². The zero-order valence-corrected chi connectivity index (χ0v) is 12.3. The van der Waals surface area contributed by atoms with Gasteiger partial charge in [0.15, 0.2) is 11.5 Å². The molecule has 0 saturated carbocycles. The highest BCUT2D eigenvalue weighted by Crippen LogP contribution is 2.13. The van der Waals surface area contributed by atoms with Gasteiger partial charge in [-0.1, -0.05) is 30.3 Å². The first-order valence-electron chi connectivity index (χ1n) is 7.43. The Hall–Kier alpha value is -2.47. The third kappa shape index (κ3) is 3.79. The quantitative estimate of drug-likeness (QED) is 0.624. The molecule has 0 aliphatic carbocycles. The summed E-state index contributed by atoms with van der Waals surface area (Å²) in [5.41, 5.74) is 2.83. The number of fused-ring (bicyclic) bond motifs is 1. The number of aromatic nitrogens is 4. The van der Waals surface area contributed by atoms with E-state index in [0.717, 1.165) is 43.9 Å². The summed E-state index contributed by atoms with van der Waals surface area (Å²) in [7, 11) is 0. The van der Waals surface area contributed by atoms with E-state index >= 15 is 0 Å². The molecule has 0 saturated heterocycles. The summed E-state index contributed by atoms with van der Waals surface area (Å²) >= 11 is 0. The van der Waals surface area contributed by atoms with Gasteiger partial charge in [-0.25, -0.2) is 15.0 Å². The van der Waals surface area contributed by atoms with Crippen LogP contribution in [0.5, 0.6) is 0 Å². The standard InChI is InChI=1S/C16H19N5O/c1-2-5-13(6-3-1)7-10-22-9-4-8-17-15-14-16(19-11-18-14)21-12-20-15/h1-3,5-6,11-12H,4,7-10H2,(H2,17,18,19,20,21). The number of imidazole rings is 1. The third-order valence-corrected chi connectivity index (χ3v) is 3.36. The van der Waals surface area contributed by atoms with Crippen molar-refractivity contribution in [2.24, 2.45) is 0 Å². The van der Waals surface area contributed by atoms with E-state index in [9.17, 15) is 0 Å². The van der Waals surface area contributed by atoms with E-state index in [0.29, 0.717) is 5.65 Å². The van der Waals surface area contributed by atoms with Crippen molar-refractivity contribution in [2.45, 2.75) is 12.8 Å². The minimum Gasteiger partial charge on any atom is -0.381 e. The summed E-state index contributed by atoms with van der Waals surface area (Å²) in [4.78, 5) is 15.4.